The Kier molecular flexibility index (Phi) is 12.2. The Morgan fingerprint density at radius 3 is 2.17 bits per heavy atom. The first kappa shape index (κ1) is 32.9. The molecule has 8 nitrogen and oxygen atoms in total. The van der Waals surface area contributed by atoms with Gasteiger partial charge in [-0.05, 0) is 86.0 Å². The van der Waals surface area contributed by atoms with Gasteiger partial charge in [-0.3, -0.25) is 13.9 Å². The predicted octanol–water partition coefficient (Wildman–Crippen LogP) is 5.80. The Morgan fingerprint density at radius 2 is 1.60 bits per heavy atom. The number of sulfonamides is 1. The SMILES string of the molecule is CCCCNC(=O)[C@@H](CC)N(Cc1ccc(Cl)cc1)C(=O)CN(c1ccc(F)cc1)S(=O)(=O)c1ccc(OCC)cc1. The van der Waals surface area contributed by atoms with Crippen LogP contribution in [0.15, 0.2) is 77.7 Å². The van der Waals surface area contributed by atoms with E-state index in [-0.39, 0.29) is 23.0 Å². The number of rotatable bonds is 15. The molecule has 0 bridgehead atoms. The third-order valence-electron chi connectivity index (χ3n) is 6.60. The van der Waals surface area contributed by atoms with Crippen LogP contribution in [0.3, 0.4) is 0 Å². The van der Waals surface area contributed by atoms with Crippen LogP contribution in [0.1, 0.15) is 45.6 Å². The Morgan fingerprint density at radius 1 is 0.952 bits per heavy atom. The van der Waals surface area contributed by atoms with Gasteiger partial charge in [0.2, 0.25) is 11.8 Å². The number of carbonyl (C=O) groups is 2. The van der Waals surface area contributed by atoms with Crippen LogP contribution in [0, 0.1) is 5.82 Å². The molecule has 0 aromatic heterocycles. The number of halogens is 2. The zero-order valence-electron chi connectivity index (χ0n) is 24.1. The van der Waals surface area contributed by atoms with Gasteiger partial charge >= 0.3 is 0 Å². The van der Waals surface area contributed by atoms with Crippen LogP contribution < -0.4 is 14.4 Å². The number of amides is 2. The van der Waals surface area contributed by atoms with Crippen molar-refractivity contribution < 1.29 is 27.1 Å². The van der Waals surface area contributed by atoms with E-state index in [9.17, 15) is 22.4 Å². The molecule has 0 aliphatic heterocycles. The average molecular weight is 618 g/mol. The molecular formula is C31H37ClFN3O5S. The van der Waals surface area contributed by atoms with Crippen molar-refractivity contribution in [3.63, 3.8) is 0 Å². The minimum absolute atomic E-state index is 0.0517. The second-order valence-corrected chi connectivity index (χ2v) is 11.9. The van der Waals surface area contributed by atoms with E-state index < -0.39 is 34.3 Å². The molecule has 0 saturated carbocycles. The average Bonchev–Trinajstić information content (AvgIpc) is 2.98. The zero-order valence-corrected chi connectivity index (χ0v) is 25.6. The first-order chi connectivity index (χ1) is 20.1. The summed E-state index contributed by atoms with van der Waals surface area (Å²) < 4.78 is 48.0. The summed E-state index contributed by atoms with van der Waals surface area (Å²) in [6, 6.07) is 16.7. The van der Waals surface area contributed by atoms with E-state index in [1.54, 1.807) is 31.2 Å². The van der Waals surface area contributed by atoms with Gasteiger partial charge in [0.1, 0.15) is 24.2 Å². The van der Waals surface area contributed by atoms with Crippen molar-refractivity contribution in [2.75, 3.05) is 24.0 Å². The molecule has 1 atom stereocenters. The normalized spacial score (nSPS) is 11.9. The van der Waals surface area contributed by atoms with Gasteiger partial charge in [-0.25, -0.2) is 12.8 Å². The highest BCUT2D eigenvalue weighted by Gasteiger charge is 2.33. The number of nitrogens with one attached hydrogen (secondary N) is 1. The van der Waals surface area contributed by atoms with Crippen LogP contribution in [0.5, 0.6) is 5.75 Å². The Balaban J connectivity index is 2.02. The number of carbonyl (C=O) groups excluding carboxylic acids is 2. The van der Waals surface area contributed by atoms with E-state index in [2.05, 4.69) is 5.32 Å². The van der Waals surface area contributed by atoms with Crippen LogP contribution in [0.25, 0.3) is 0 Å². The van der Waals surface area contributed by atoms with Gasteiger partial charge in [0, 0.05) is 18.1 Å². The maximum absolute atomic E-state index is 14.0. The van der Waals surface area contributed by atoms with E-state index in [0.29, 0.717) is 30.3 Å². The van der Waals surface area contributed by atoms with Crippen molar-refractivity contribution in [1.82, 2.24) is 10.2 Å². The fraction of sp³-hybridized carbons (Fsp3) is 0.355. The number of anilines is 1. The lowest BCUT2D eigenvalue weighted by atomic mass is 10.1. The van der Waals surface area contributed by atoms with Crippen LogP contribution in [-0.4, -0.2) is 50.9 Å². The molecule has 3 aromatic carbocycles. The van der Waals surface area contributed by atoms with Gasteiger partial charge < -0.3 is 15.0 Å². The van der Waals surface area contributed by atoms with Crippen LogP contribution >= 0.6 is 11.6 Å². The van der Waals surface area contributed by atoms with Gasteiger partial charge in [-0.1, -0.05) is 44.0 Å². The molecular weight excluding hydrogens is 581 g/mol. The molecule has 3 rings (SSSR count). The molecule has 226 valence electrons. The molecule has 0 unspecified atom stereocenters. The standard InChI is InChI=1S/C31H37ClFN3O5S/c1-4-7-20-34-31(38)29(5-2)35(21-23-8-10-24(32)11-9-23)30(37)22-36(26-14-12-25(33)13-15-26)42(39,40)28-18-16-27(17-19-28)41-6-3/h8-19,29H,4-7,20-22H2,1-3H3,(H,34,38)/t29-/m1/s1. The van der Waals surface area contributed by atoms with Crippen molar-refractivity contribution >= 4 is 39.1 Å². The highest BCUT2D eigenvalue weighted by Crippen LogP contribution is 2.26. The van der Waals surface area contributed by atoms with E-state index in [1.807, 2.05) is 13.8 Å². The van der Waals surface area contributed by atoms with E-state index >= 15 is 0 Å². The summed E-state index contributed by atoms with van der Waals surface area (Å²) in [5, 5.41) is 3.41. The zero-order chi connectivity index (χ0) is 30.7. The van der Waals surface area contributed by atoms with Crippen molar-refractivity contribution in [3.8, 4) is 5.75 Å². The van der Waals surface area contributed by atoms with Crippen LogP contribution in [-0.2, 0) is 26.2 Å². The van der Waals surface area contributed by atoms with Crippen molar-refractivity contribution in [2.45, 2.75) is 57.5 Å². The largest absolute Gasteiger partial charge is 0.494 e. The second kappa shape index (κ2) is 15.6. The number of ether oxygens (including phenoxy) is 1. The third kappa shape index (κ3) is 8.69. The topological polar surface area (TPSA) is 96.0 Å². The maximum atomic E-state index is 14.0. The highest BCUT2D eigenvalue weighted by molar-refractivity contribution is 7.92. The number of hydrogen-bond acceptors (Lipinski definition) is 5. The molecule has 3 aromatic rings. The lowest BCUT2D eigenvalue weighted by molar-refractivity contribution is -0.140. The van der Waals surface area contributed by atoms with Crippen molar-refractivity contribution in [1.29, 1.82) is 0 Å². The maximum Gasteiger partial charge on any atom is 0.264 e. The van der Waals surface area contributed by atoms with Gasteiger partial charge in [-0.2, -0.15) is 0 Å². The molecule has 42 heavy (non-hydrogen) atoms. The Hall–Kier alpha value is -3.63. The molecule has 11 heteroatoms. The van der Waals surface area contributed by atoms with Gasteiger partial charge in [0.05, 0.1) is 17.2 Å². The van der Waals surface area contributed by atoms with Crippen LogP contribution in [0.4, 0.5) is 10.1 Å². The molecule has 0 aliphatic carbocycles. The molecule has 0 radical (unpaired) electrons. The predicted molar refractivity (Wildman–Crippen MR) is 163 cm³/mol. The number of benzene rings is 3. The van der Waals surface area contributed by atoms with Gasteiger partial charge in [0.25, 0.3) is 10.0 Å². The van der Waals surface area contributed by atoms with Gasteiger partial charge in [-0.15, -0.1) is 0 Å². The second-order valence-electron chi connectivity index (χ2n) is 9.61. The molecule has 0 aliphatic rings. The highest BCUT2D eigenvalue weighted by atomic mass is 35.5. The molecule has 0 spiro atoms. The van der Waals surface area contributed by atoms with E-state index in [1.165, 1.54) is 41.3 Å². The Labute approximate surface area is 252 Å². The molecule has 1 N–H and O–H groups in total. The quantitative estimate of drug-likeness (QED) is 0.218. The van der Waals surface area contributed by atoms with E-state index in [0.717, 1.165) is 34.8 Å². The van der Waals surface area contributed by atoms with Crippen molar-refractivity contribution in [2.24, 2.45) is 0 Å². The smallest absolute Gasteiger partial charge is 0.264 e. The fourth-order valence-corrected chi connectivity index (χ4v) is 5.89. The summed E-state index contributed by atoms with van der Waals surface area (Å²) in [6.07, 6.45) is 1.98. The number of nitrogens with zero attached hydrogens (tertiary/aromatic N) is 2. The lowest BCUT2D eigenvalue weighted by Crippen LogP contribution is -2.52. The summed E-state index contributed by atoms with van der Waals surface area (Å²) in [5.74, 6) is -0.977. The summed E-state index contributed by atoms with van der Waals surface area (Å²) >= 11 is 6.05. The third-order valence-corrected chi connectivity index (χ3v) is 8.64. The van der Waals surface area contributed by atoms with Crippen molar-refractivity contribution in [3.05, 3.63) is 89.2 Å². The number of unbranched alkanes of at least 4 members (excludes halogenated alkanes) is 1. The first-order valence-corrected chi connectivity index (χ1v) is 15.7. The monoisotopic (exact) mass is 617 g/mol. The summed E-state index contributed by atoms with van der Waals surface area (Å²) in [7, 11) is -4.29. The first-order valence-electron chi connectivity index (χ1n) is 13.9. The Bertz CT molecular complexity index is 1420. The van der Waals surface area contributed by atoms with Gasteiger partial charge in [0.15, 0.2) is 0 Å². The lowest BCUT2D eigenvalue weighted by Gasteiger charge is -2.33. The fourth-order valence-electron chi connectivity index (χ4n) is 4.35. The summed E-state index contributed by atoms with van der Waals surface area (Å²) in [4.78, 5) is 28.6. The summed E-state index contributed by atoms with van der Waals surface area (Å²) in [5.41, 5.74) is 0.820. The minimum atomic E-state index is -4.29. The molecule has 0 heterocycles. The minimum Gasteiger partial charge on any atom is -0.494 e. The molecule has 0 saturated heterocycles. The van der Waals surface area contributed by atoms with Crippen LogP contribution in [0.2, 0.25) is 5.02 Å². The molecule has 2 amide bonds. The number of hydrogen-bond donors (Lipinski definition) is 1. The van der Waals surface area contributed by atoms with E-state index in [4.69, 9.17) is 16.3 Å². The molecule has 0 fully saturated rings. The summed E-state index contributed by atoms with van der Waals surface area (Å²) in [6.45, 7) is 5.92.